The number of anilines is 2. The molecule has 2 nitrogen and oxygen atoms in total. The van der Waals surface area contributed by atoms with E-state index < -0.39 is 0 Å². The highest BCUT2D eigenvalue weighted by Crippen LogP contribution is 2.36. The Morgan fingerprint density at radius 2 is 2.10 bits per heavy atom. The molecule has 0 saturated heterocycles. The molecular formula is C16H16ClFN2. The average molecular weight is 291 g/mol. The van der Waals surface area contributed by atoms with Crippen molar-refractivity contribution >= 4 is 23.0 Å². The topological polar surface area (TPSA) is 15.3 Å². The van der Waals surface area contributed by atoms with Gasteiger partial charge in [-0.1, -0.05) is 23.7 Å². The van der Waals surface area contributed by atoms with E-state index in [0.29, 0.717) is 0 Å². The average Bonchev–Trinajstić information content (AvgIpc) is 2.84. The van der Waals surface area contributed by atoms with Crippen LogP contribution in [0.2, 0.25) is 5.02 Å². The van der Waals surface area contributed by atoms with Gasteiger partial charge in [-0.3, -0.25) is 0 Å². The zero-order chi connectivity index (χ0) is 14.1. The molecule has 2 aromatic rings. The lowest BCUT2D eigenvalue weighted by atomic mass is 10.1. The van der Waals surface area contributed by atoms with Crippen LogP contribution in [0.4, 0.5) is 15.8 Å². The molecule has 1 N–H and O–H groups in total. The second kappa shape index (κ2) is 5.43. The molecular weight excluding hydrogens is 275 g/mol. The largest absolute Gasteiger partial charge is 0.341 e. The lowest BCUT2D eigenvalue weighted by molar-refractivity contribution is 0.628. The molecule has 20 heavy (non-hydrogen) atoms. The molecule has 0 aliphatic carbocycles. The van der Waals surface area contributed by atoms with Crippen LogP contribution in [0.15, 0.2) is 36.4 Å². The van der Waals surface area contributed by atoms with Crippen molar-refractivity contribution in [3.63, 3.8) is 0 Å². The van der Waals surface area contributed by atoms with Gasteiger partial charge < -0.3 is 10.2 Å². The van der Waals surface area contributed by atoms with Crippen LogP contribution in [0.3, 0.4) is 0 Å². The highest BCUT2D eigenvalue weighted by molar-refractivity contribution is 6.31. The molecule has 4 heteroatoms. The van der Waals surface area contributed by atoms with E-state index in [4.69, 9.17) is 11.6 Å². The van der Waals surface area contributed by atoms with Crippen LogP contribution in [0.25, 0.3) is 0 Å². The summed E-state index contributed by atoms with van der Waals surface area (Å²) in [5.74, 6) is -0.200. The van der Waals surface area contributed by atoms with Crippen molar-refractivity contribution < 1.29 is 4.39 Å². The number of fused-ring (bicyclic) bond motifs is 1. The normalized spacial score (nSPS) is 13.7. The van der Waals surface area contributed by atoms with E-state index in [1.165, 1.54) is 11.6 Å². The van der Waals surface area contributed by atoms with Crippen LogP contribution in [0.5, 0.6) is 0 Å². The van der Waals surface area contributed by atoms with Gasteiger partial charge in [-0.25, -0.2) is 4.39 Å². The van der Waals surface area contributed by atoms with Crippen LogP contribution < -0.4 is 10.2 Å². The fourth-order valence-corrected chi connectivity index (χ4v) is 2.90. The van der Waals surface area contributed by atoms with Crippen molar-refractivity contribution in [3.05, 3.63) is 58.4 Å². The van der Waals surface area contributed by atoms with Gasteiger partial charge in [-0.15, -0.1) is 0 Å². The summed E-state index contributed by atoms with van der Waals surface area (Å²) in [6.07, 6.45) is 0.936. The fourth-order valence-electron chi connectivity index (χ4n) is 2.66. The Kier molecular flexibility index (Phi) is 3.64. The van der Waals surface area contributed by atoms with E-state index in [1.54, 1.807) is 6.07 Å². The molecule has 0 spiro atoms. The molecule has 0 radical (unpaired) electrons. The molecule has 0 saturated carbocycles. The summed E-state index contributed by atoms with van der Waals surface area (Å²) in [7, 11) is 1.89. The molecule has 0 aromatic heterocycles. The van der Waals surface area contributed by atoms with Crippen molar-refractivity contribution in [2.75, 3.05) is 18.5 Å². The molecule has 0 bridgehead atoms. The first-order valence-electron chi connectivity index (χ1n) is 6.68. The molecule has 1 heterocycles. The minimum absolute atomic E-state index is 0.200. The highest BCUT2D eigenvalue weighted by Gasteiger charge is 2.21. The van der Waals surface area contributed by atoms with Gasteiger partial charge in [0.1, 0.15) is 5.82 Å². The van der Waals surface area contributed by atoms with E-state index in [1.807, 2.05) is 31.3 Å². The second-order valence-electron chi connectivity index (χ2n) is 4.98. The molecule has 2 aromatic carbocycles. The Labute approximate surface area is 123 Å². The first-order chi connectivity index (χ1) is 9.69. The molecule has 0 fully saturated rings. The van der Waals surface area contributed by atoms with Crippen molar-refractivity contribution in [1.82, 2.24) is 5.32 Å². The zero-order valence-electron chi connectivity index (χ0n) is 11.3. The number of nitrogens with zero attached hydrogens (tertiary/aromatic N) is 1. The molecule has 1 aliphatic rings. The molecule has 0 unspecified atom stereocenters. The van der Waals surface area contributed by atoms with Gasteiger partial charge in [0.2, 0.25) is 0 Å². The summed E-state index contributed by atoms with van der Waals surface area (Å²) in [5.41, 5.74) is 4.21. The van der Waals surface area contributed by atoms with Crippen LogP contribution in [0, 0.1) is 5.82 Å². The predicted molar refractivity (Wildman–Crippen MR) is 81.3 cm³/mol. The summed E-state index contributed by atoms with van der Waals surface area (Å²) in [5, 5.41) is 3.83. The smallest absolute Gasteiger partial charge is 0.125 e. The Balaban J connectivity index is 1.96. The third kappa shape index (κ3) is 2.39. The predicted octanol–water partition coefficient (Wildman–Crippen LogP) is 3.89. The maximum atomic E-state index is 13.4. The Morgan fingerprint density at radius 3 is 2.85 bits per heavy atom. The number of rotatable bonds is 3. The number of hydrogen-bond donors (Lipinski definition) is 1. The van der Waals surface area contributed by atoms with Crippen molar-refractivity contribution in [2.45, 2.75) is 13.0 Å². The maximum absolute atomic E-state index is 13.4. The lowest BCUT2D eigenvalue weighted by Crippen LogP contribution is -2.14. The van der Waals surface area contributed by atoms with E-state index in [2.05, 4.69) is 10.2 Å². The zero-order valence-corrected chi connectivity index (χ0v) is 12.0. The van der Waals surface area contributed by atoms with E-state index in [-0.39, 0.29) is 5.82 Å². The number of benzene rings is 2. The number of nitrogens with one attached hydrogen (secondary N) is 1. The quantitative estimate of drug-likeness (QED) is 0.922. The molecule has 0 atom stereocenters. The van der Waals surface area contributed by atoms with Crippen molar-refractivity contribution in [2.24, 2.45) is 0 Å². The van der Waals surface area contributed by atoms with Crippen LogP contribution in [-0.4, -0.2) is 13.6 Å². The minimum Gasteiger partial charge on any atom is -0.341 e. The standard InChI is InChI=1S/C16H16ClFN2/c1-19-10-12-3-5-14(9-15(12)17)20-7-6-11-2-4-13(18)8-16(11)20/h2-5,8-9,19H,6-7,10H2,1H3. The van der Waals surface area contributed by atoms with Gasteiger partial charge in [-0.2, -0.15) is 0 Å². The lowest BCUT2D eigenvalue weighted by Gasteiger charge is -2.20. The Hall–Kier alpha value is -1.58. The minimum atomic E-state index is -0.200. The second-order valence-corrected chi connectivity index (χ2v) is 5.39. The third-order valence-electron chi connectivity index (χ3n) is 3.66. The number of halogens is 2. The fraction of sp³-hybridized carbons (Fsp3) is 0.250. The van der Waals surface area contributed by atoms with E-state index in [0.717, 1.165) is 41.5 Å². The van der Waals surface area contributed by atoms with Gasteiger partial charge in [0, 0.05) is 29.5 Å². The van der Waals surface area contributed by atoms with Crippen LogP contribution in [0.1, 0.15) is 11.1 Å². The summed E-state index contributed by atoms with van der Waals surface area (Å²) in [6, 6.07) is 11.0. The van der Waals surface area contributed by atoms with E-state index >= 15 is 0 Å². The SMILES string of the molecule is CNCc1ccc(N2CCc3ccc(F)cc32)cc1Cl. The summed E-state index contributed by atoms with van der Waals surface area (Å²) in [6.45, 7) is 1.60. The van der Waals surface area contributed by atoms with Gasteiger partial charge >= 0.3 is 0 Å². The highest BCUT2D eigenvalue weighted by atomic mass is 35.5. The van der Waals surface area contributed by atoms with E-state index in [9.17, 15) is 4.39 Å². The van der Waals surface area contributed by atoms with Crippen molar-refractivity contribution in [3.8, 4) is 0 Å². The summed E-state index contributed by atoms with van der Waals surface area (Å²) >= 11 is 6.30. The summed E-state index contributed by atoms with van der Waals surface area (Å²) < 4.78 is 13.4. The Morgan fingerprint density at radius 1 is 1.25 bits per heavy atom. The van der Waals surface area contributed by atoms with Crippen LogP contribution in [-0.2, 0) is 13.0 Å². The van der Waals surface area contributed by atoms with Gasteiger partial charge in [-0.05, 0) is 48.9 Å². The summed E-state index contributed by atoms with van der Waals surface area (Å²) in [4.78, 5) is 2.12. The molecule has 0 amide bonds. The molecule has 104 valence electrons. The van der Waals surface area contributed by atoms with Gasteiger partial charge in [0.25, 0.3) is 0 Å². The third-order valence-corrected chi connectivity index (χ3v) is 4.01. The first kappa shape index (κ1) is 13.4. The monoisotopic (exact) mass is 290 g/mol. The van der Waals surface area contributed by atoms with Crippen LogP contribution >= 0.6 is 11.6 Å². The first-order valence-corrected chi connectivity index (χ1v) is 7.06. The number of hydrogen-bond acceptors (Lipinski definition) is 2. The van der Waals surface area contributed by atoms with Gasteiger partial charge in [0.05, 0.1) is 0 Å². The van der Waals surface area contributed by atoms with Gasteiger partial charge in [0.15, 0.2) is 0 Å². The molecule has 1 aliphatic heterocycles. The Bertz CT molecular complexity index is 642. The molecule has 3 rings (SSSR count). The van der Waals surface area contributed by atoms with Crippen molar-refractivity contribution in [1.29, 1.82) is 0 Å². The maximum Gasteiger partial charge on any atom is 0.125 e.